The number of ether oxygens (including phenoxy) is 3. The first kappa shape index (κ1) is 17.1. The minimum absolute atomic E-state index is 0.179. The van der Waals surface area contributed by atoms with Crippen molar-refractivity contribution in [3.8, 4) is 0 Å². The molecule has 7 heteroatoms. The average Bonchev–Trinajstić information content (AvgIpc) is 2.25. The lowest BCUT2D eigenvalue weighted by molar-refractivity contribution is -0.160. The topological polar surface area (TPSA) is 88.5 Å². The van der Waals surface area contributed by atoms with E-state index in [4.69, 9.17) is 24.4 Å². The molecule has 0 heterocycles. The normalized spacial score (nSPS) is 14.4. The van der Waals surface area contributed by atoms with Gasteiger partial charge in [0.1, 0.15) is 13.5 Å². The second-order valence-electron chi connectivity index (χ2n) is 4.30. The minimum Gasteiger partial charge on any atom is -0.449 e. The van der Waals surface area contributed by atoms with Gasteiger partial charge in [-0.25, -0.2) is 4.79 Å². The molecule has 0 rings (SSSR count). The summed E-state index contributed by atoms with van der Waals surface area (Å²) >= 11 is 0. The largest absolute Gasteiger partial charge is 0.449 e. The van der Waals surface area contributed by atoms with Crippen LogP contribution >= 0.6 is 0 Å². The molecule has 0 saturated carbocycles. The van der Waals surface area contributed by atoms with Gasteiger partial charge in [-0.1, -0.05) is 13.8 Å². The molecule has 2 atom stereocenters. The fourth-order valence-corrected chi connectivity index (χ4v) is 0.868. The van der Waals surface area contributed by atoms with E-state index in [-0.39, 0.29) is 26.0 Å². The molecule has 0 aliphatic rings. The molecule has 7 nitrogen and oxygen atoms in total. The standard InChI is InChI=1S/C11H23NO6/c1-8(2)5-16-11(15)12(6-17-9(3)13)7-18-10(4)14/h8-10,13-14H,5-7H2,1-4H3. The smallest absolute Gasteiger partial charge is 0.413 e. The third-order valence-electron chi connectivity index (χ3n) is 1.74. The molecule has 0 radical (unpaired) electrons. The van der Waals surface area contributed by atoms with Crippen molar-refractivity contribution in [2.24, 2.45) is 5.92 Å². The number of amides is 1. The molecular weight excluding hydrogens is 242 g/mol. The summed E-state index contributed by atoms with van der Waals surface area (Å²) in [5.74, 6) is 0.214. The second kappa shape index (κ2) is 9.09. The Kier molecular flexibility index (Phi) is 8.65. The van der Waals surface area contributed by atoms with Crippen LogP contribution in [0.25, 0.3) is 0 Å². The lowest BCUT2D eigenvalue weighted by atomic mass is 10.2. The van der Waals surface area contributed by atoms with Gasteiger partial charge in [-0.05, 0) is 19.8 Å². The summed E-state index contributed by atoms with van der Waals surface area (Å²) in [6.07, 6.45) is -2.63. The number of carbonyl (C=O) groups is 1. The molecule has 0 saturated heterocycles. The summed E-state index contributed by atoms with van der Waals surface area (Å²) in [5.41, 5.74) is 0. The van der Waals surface area contributed by atoms with E-state index in [9.17, 15) is 4.79 Å². The molecule has 108 valence electrons. The van der Waals surface area contributed by atoms with Crippen LogP contribution in [0.5, 0.6) is 0 Å². The lowest BCUT2D eigenvalue weighted by Gasteiger charge is -2.23. The molecule has 0 bridgehead atoms. The van der Waals surface area contributed by atoms with Crippen LogP contribution in [0, 0.1) is 5.92 Å². The first-order chi connectivity index (χ1) is 8.32. The van der Waals surface area contributed by atoms with Gasteiger partial charge in [0, 0.05) is 0 Å². The number of rotatable bonds is 8. The molecule has 2 unspecified atom stereocenters. The molecule has 0 aliphatic heterocycles. The molecule has 0 aromatic carbocycles. The monoisotopic (exact) mass is 265 g/mol. The molecule has 0 aliphatic carbocycles. The van der Waals surface area contributed by atoms with Gasteiger partial charge in [0.2, 0.25) is 0 Å². The van der Waals surface area contributed by atoms with Gasteiger partial charge in [0.15, 0.2) is 12.6 Å². The summed E-state index contributed by atoms with van der Waals surface area (Å²) < 4.78 is 14.8. The van der Waals surface area contributed by atoms with Gasteiger partial charge in [0.25, 0.3) is 0 Å². The third kappa shape index (κ3) is 9.17. The average molecular weight is 265 g/mol. The lowest BCUT2D eigenvalue weighted by Crippen LogP contribution is -2.38. The van der Waals surface area contributed by atoms with E-state index >= 15 is 0 Å². The Bertz CT molecular complexity index is 220. The highest BCUT2D eigenvalue weighted by Gasteiger charge is 2.17. The number of aliphatic hydroxyl groups is 2. The molecule has 0 spiro atoms. The van der Waals surface area contributed by atoms with Crippen LogP contribution < -0.4 is 0 Å². The Morgan fingerprint density at radius 1 is 1.06 bits per heavy atom. The summed E-state index contributed by atoms with van der Waals surface area (Å²) in [6.45, 7) is 6.59. The summed E-state index contributed by atoms with van der Waals surface area (Å²) in [4.78, 5) is 12.8. The number of hydrogen-bond donors (Lipinski definition) is 2. The highest BCUT2D eigenvalue weighted by molar-refractivity contribution is 5.67. The third-order valence-corrected chi connectivity index (χ3v) is 1.74. The number of carbonyl (C=O) groups excluding carboxylic acids is 1. The van der Waals surface area contributed by atoms with Crippen molar-refractivity contribution in [3.05, 3.63) is 0 Å². The van der Waals surface area contributed by atoms with Crippen molar-refractivity contribution in [1.29, 1.82) is 0 Å². The van der Waals surface area contributed by atoms with Crippen molar-refractivity contribution in [1.82, 2.24) is 4.90 Å². The Hall–Kier alpha value is -0.890. The van der Waals surface area contributed by atoms with Crippen LogP contribution in [0.15, 0.2) is 0 Å². The van der Waals surface area contributed by atoms with E-state index < -0.39 is 18.7 Å². The van der Waals surface area contributed by atoms with Gasteiger partial charge < -0.3 is 24.4 Å². The highest BCUT2D eigenvalue weighted by Crippen LogP contribution is 2.01. The number of hydrogen-bond acceptors (Lipinski definition) is 6. The van der Waals surface area contributed by atoms with Crippen LogP contribution in [0.3, 0.4) is 0 Å². The summed E-state index contributed by atoms with van der Waals surface area (Å²) in [7, 11) is 0. The number of nitrogens with zero attached hydrogens (tertiary/aromatic N) is 1. The van der Waals surface area contributed by atoms with Crippen molar-refractivity contribution in [2.75, 3.05) is 20.1 Å². The quantitative estimate of drug-likeness (QED) is 0.628. The van der Waals surface area contributed by atoms with Gasteiger partial charge in [-0.3, -0.25) is 4.90 Å². The van der Waals surface area contributed by atoms with Crippen LogP contribution in [0.2, 0.25) is 0 Å². The zero-order valence-corrected chi connectivity index (χ0v) is 11.3. The van der Waals surface area contributed by atoms with Crippen molar-refractivity contribution >= 4 is 6.09 Å². The van der Waals surface area contributed by atoms with Gasteiger partial charge in [0.05, 0.1) is 6.61 Å². The van der Waals surface area contributed by atoms with Crippen molar-refractivity contribution < 1.29 is 29.2 Å². The molecule has 18 heavy (non-hydrogen) atoms. The Balaban J connectivity index is 4.20. The Morgan fingerprint density at radius 2 is 1.50 bits per heavy atom. The van der Waals surface area contributed by atoms with Crippen molar-refractivity contribution in [2.45, 2.75) is 40.3 Å². The van der Waals surface area contributed by atoms with E-state index in [2.05, 4.69) is 0 Å². The maximum absolute atomic E-state index is 11.7. The minimum atomic E-state index is -1.00. The molecule has 0 aromatic rings. The first-order valence-corrected chi connectivity index (χ1v) is 5.84. The van der Waals surface area contributed by atoms with E-state index in [1.807, 2.05) is 13.8 Å². The zero-order chi connectivity index (χ0) is 14.1. The maximum atomic E-state index is 11.7. The Morgan fingerprint density at radius 3 is 1.83 bits per heavy atom. The Labute approximate surface area is 107 Å². The fourth-order valence-electron chi connectivity index (χ4n) is 0.868. The van der Waals surface area contributed by atoms with Crippen LogP contribution in [-0.4, -0.2) is 53.9 Å². The SMILES string of the molecule is CC(C)COC(=O)N(COC(C)O)COC(C)O. The number of aliphatic hydroxyl groups excluding tert-OH is 2. The van der Waals surface area contributed by atoms with Crippen LogP contribution in [0.1, 0.15) is 27.7 Å². The van der Waals surface area contributed by atoms with E-state index in [0.717, 1.165) is 4.90 Å². The molecule has 2 N–H and O–H groups in total. The fraction of sp³-hybridized carbons (Fsp3) is 0.909. The highest BCUT2D eigenvalue weighted by atomic mass is 16.6. The van der Waals surface area contributed by atoms with Crippen LogP contribution in [-0.2, 0) is 14.2 Å². The van der Waals surface area contributed by atoms with Gasteiger partial charge in [-0.2, -0.15) is 0 Å². The van der Waals surface area contributed by atoms with E-state index in [1.165, 1.54) is 13.8 Å². The zero-order valence-electron chi connectivity index (χ0n) is 11.3. The molecular formula is C11H23NO6. The van der Waals surface area contributed by atoms with Gasteiger partial charge in [-0.15, -0.1) is 0 Å². The molecule has 0 aromatic heterocycles. The predicted molar refractivity (Wildman–Crippen MR) is 63.3 cm³/mol. The van der Waals surface area contributed by atoms with Crippen LogP contribution in [0.4, 0.5) is 4.79 Å². The van der Waals surface area contributed by atoms with Crippen molar-refractivity contribution in [3.63, 3.8) is 0 Å². The van der Waals surface area contributed by atoms with Gasteiger partial charge >= 0.3 is 6.09 Å². The summed E-state index contributed by atoms with van der Waals surface area (Å²) in [6, 6.07) is 0. The molecule has 1 amide bonds. The second-order valence-corrected chi connectivity index (χ2v) is 4.30. The maximum Gasteiger partial charge on any atom is 0.413 e. The summed E-state index contributed by atoms with van der Waals surface area (Å²) in [5, 5.41) is 18.0. The molecule has 0 fully saturated rings. The first-order valence-electron chi connectivity index (χ1n) is 5.84. The van der Waals surface area contributed by atoms with E-state index in [1.54, 1.807) is 0 Å². The predicted octanol–water partition coefficient (Wildman–Crippen LogP) is 0.706. The van der Waals surface area contributed by atoms with E-state index in [0.29, 0.717) is 0 Å².